The fraction of sp³-hybridized carbons (Fsp3) is 0.353. The van der Waals surface area contributed by atoms with E-state index in [4.69, 9.17) is 0 Å². The lowest BCUT2D eigenvalue weighted by Crippen LogP contribution is -2.04. The Bertz CT molecular complexity index is 508. The normalized spacial score (nSPS) is 26.0. The van der Waals surface area contributed by atoms with Gasteiger partial charge in [-0.2, -0.15) is 0 Å². The van der Waals surface area contributed by atoms with E-state index in [0.717, 1.165) is 0 Å². The molecule has 1 atom stereocenters. The summed E-state index contributed by atoms with van der Waals surface area (Å²) in [5, 5.41) is 0. The summed E-state index contributed by atoms with van der Waals surface area (Å²) in [5.74, 6) is 0.462. The summed E-state index contributed by atoms with van der Waals surface area (Å²) in [6.45, 7) is 8.76. The Labute approximate surface area is 110 Å². The predicted octanol–water partition coefficient (Wildman–Crippen LogP) is 4.62. The summed E-state index contributed by atoms with van der Waals surface area (Å²) in [5.41, 5.74) is 3.84. The zero-order valence-electron chi connectivity index (χ0n) is 11.6. The average Bonchev–Trinajstić information content (AvgIpc) is 2.54. The van der Waals surface area contributed by atoms with Crippen molar-refractivity contribution in [3.63, 3.8) is 0 Å². The lowest BCUT2D eigenvalue weighted by Gasteiger charge is -2.15. The minimum atomic E-state index is 0.0541. The molecule has 94 valence electrons. The Kier molecular flexibility index (Phi) is 3.51. The quantitative estimate of drug-likeness (QED) is 0.633. The van der Waals surface area contributed by atoms with Crippen LogP contribution >= 0.6 is 0 Å². The van der Waals surface area contributed by atoms with Gasteiger partial charge in [0.15, 0.2) is 0 Å². The Hall–Kier alpha value is -1.63. The lowest BCUT2D eigenvalue weighted by atomic mass is 9.89. The van der Waals surface area contributed by atoms with Crippen molar-refractivity contribution in [2.75, 3.05) is 0 Å². The number of nitrogens with zero attached hydrogens (tertiary/aromatic N) is 1. The highest BCUT2D eigenvalue weighted by molar-refractivity contribution is 5.87. The summed E-state index contributed by atoms with van der Waals surface area (Å²) in [6, 6.07) is 0. The molecule has 0 bridgehead atoms. The Morgan fingerprint density at radius 2 is 1.89 bits per heavy atom. The van der Waals surface area contributed by atoms with Gasteiger partial charge in [0.1, 0.15) is 0 Å². The molecular weight excluding hydrogens is 218 g/mol. The van der Waals surface area contributed by atoms with E-state index in [2.05, 4.69) is 69.1 Å². The second-order valence-electron chi connectivity index (χ2n) is 5.74. The highest BCUT2D eigenvalue weighted by atomic mass is 14.7. The van der Waals surface area contributed by atoms with E-state index < -0.39 is 0 Å². The van der Waals surface area contributed by atoms with Gasteiger partial charge in [-0.05, 0) is 24.0 Å². The standard InChI is InChI=1S/C17H21N/c1-13-5-6-15(10-14(2)9-13)16-11-17(3,4)7-8-18-12-16/h5-12,14H,1-4H3. The minimum absolute atomic E-state index is 0.0541. The molecule has 0 spiro atoms. The first-order valence-corrected chi connectivity index (χ1v) is 6.49. The molecule has 0 saturated heterocycles. The van der Waals surface area contributed by atoms with Crippen LogP contribution in [0.25, 0.3) is 0 Å². The monoisotopic (exact) mass is 239 g/mol. The van der Waals surface area contributed by atoms with Crippen LogP contribution in [0.3, 0.4) is 0 Å². The van der Waals surface area contributed by atoms with E-state index in [0.29, 0.717) is 5.92 Å². The van der Waals surface area contributed by atoms with Gasteiger partial charge in [-0.25, -0.2) is 0 Å². The van der Waals surface area contributed by atoms with Gasteiger partial charge in [-0.15, -0.1) is 0 Å². The third-order valence-electron chi connectivity index (χ3n) is 3.16. The second-order valence-corrected chi connectivity index (χ2v) is 5.74. The molecule has 1 heterocycles. The van der Waals surface area contributed by atoms with Crippen LogP contribution in [-0.2, 0) is 0 Å². The van der Waals surface area contributed by atoms with E-state index >= 15 is 0 Å². The molecule has 1 aliphatic heterocycles. The summed E-state index contributed by atoms with van der Waals surface area (Å²) in [7, 11) is 0. The average molecular weight is 239 g/mol. The maximum atomic E-state index is 4.33. The second kappa shape index (κ2) is 4.93. The molecule has 1 nitrogen and oxygen atoms in total. The van der Waals surface area contributed by atoms with Crippen molar-refractivity contribution in [3.05, 3.63) is 59.4 Å². The molecule has 0 radical (unpaired) electrons. The van der Waals surface area contributed by atoms with Gasteiger partial charge in [-0.1, -0.05) is 62.8 Å². The first-order chi connectivity index (χ1) is 8.46. The fourth-order valence-corrected chi connectivity index (χ4v) is 2.27. The van der Waals surface area contributed by atoms with Crippen LogP contribution in [0.4, 0.5) is 0 Å². The van der Waals surface area contributed by atoms with Crippen molar-refractivity contribution in [1.29, 1.82) is 0 Å². The van der Waals surface area contributed by atoms with Crippen LogP contribution in [0.1, 0.15) is 27.7 Å². The molecule has 0 aromatic heterocycles. The first-order valence-electron chi connectivity index (χ1n) is 6.49. The molecule has 1 heteroatoms. The first kappa shape index (κ1) is 12.8. The summed E-state index contributed by atoms with van der Waals surface area (Å²) in [4.78, 5) is 4.33. The predicted molar refractivity (Wildman–Crippen MR) is 79.6 cm³/mol. The lowest BCUT2D eigenvalue weighted by molar-refractivity contribution is 0.624. The summed E-state index contributed by atoms with van der Waals surface area (Å²) < 4.78 is 0. The zero-order valence-corrected chi connectivity index (χ0v) is 11.6. The van der Waals surface area contributed by atoms with Crippen LogP contribution in [0.2, 0.25) is 0 Å². The molecule has 0 N–H and O–H groups in total. The topological polar surface area (TPSA) is 12.4 Å². The Balaban J connectivity index is 2.38. The number of hydrogen-bond donors (Lipinski definition) is 0. The number of hydrogen-bond acceptors (Lipinski definition) is 1. The zero-order chi connectivity index (χ0) is 13.2. The maximum absolute atomic E-state index is 4.33. The van der Waals surface area contributed by atoms with Crippen molar-refractivity contribution in [2.24, 2.45) is 16.3 Å². The molecule has 18 heavy (non-hydrogen) atoms. The number of rotatable bonds is 1. The van der Waals surface area contributed by atoms with Gasteiger partial charge < -0.3 is 0 Å². The van der Waals surface area contributed by atoms with Crippen LogP contribution in [-0.4, -0.2) is 6.21 Å². The molecule has 0 aromatic carbocycles. The van der Waals surface area contributed by atoms with Crippen molar-refractivity contribution in [1.82, 2.24) is 0 Å². The van der Waals surface area contributed by atoms with Gasteiger partial charge >= 0.3 is 0 Å². The van der Waals surface area contributed by atoms with Crippen LogP contribution in [0.5, 0.6) is 0 Å². The fourth-order valence-electron chi connectivity index (χ4n) is 2.27. The molecule has 0 saturated carbocycles. The molecule has 2 aliphatic rings. The number of allylic oxidation sites excluding steroid dienone is 9. The SMILES string of the molecule is CC1=CC(C)C=C(C2=CC(C)(C)C=CN=C2)C=C1. The Morgan fingerprint density at radius 1 is 1.11 bits per heavy atom. The molecular formula is C17H21N. The van der Waals surface area contributed by atoms with Gasteiger partial charge in [0.05, 0.1) is 0 Å². The molecule has 0 aromatic rings. The van der Waals surface area contributed by atoms with Gasteiger partial charge in [0.2, 0.25) is 0 Å². The third kappa shape index (κ3) is 3.19. The molecule has 2 rings (SSSR count). The van der Waals surface area contributed by atoms with E-state index in [1.54, 1.807) is 0 Å². The summed E-state index contributed by atoms with van der Waals surface area (Å²) in [6.07, 6.45) is 17.2. The highest BCUT2D eigenvalue weighted by Crippen LogP contribution is 2.27. The van der Waals surface area contributed by atoms with Gasteiger partial charge in [-0.3, -0.25) is 4.99 Å². The van der Waals surface area contributed by atoms with Crippen molar-refractivity contribution >= 4 is 6.21 Å². The van der Waals surface area contributed by atoms with E-state index in [9.17, 15) is 0 Å². The third-order valence-corrected chi connectivity index (χ3v) is 3.16. The largest absolute Gasteiger partial charge is 0.264 e. The van der Waals surface area contributed by atoms with Crippen LogP contribution in [0.15, 0.2) is 64.4 Å². The van der Waals surface area contributed by atoms with E-state index in [1.165, 1.54) is 16.7 Å². The van der Waals surface area contributed by atoms with Crippen LogP contribution < -0.4 is 0 Å². The minimum Gasteiger partial charge on any atom is -0.264 e. The van der Waals surface area contributed by atoms with Crippen molar-refractivity contribution in [3.8, 4) is 0 Å². The Morgan fingerprint density at radius 3 is 2.67 bits per heavy atom. The van der Waals surface area contributed by atoms with Gasteiger partial charge in [0.25, 0.3) is 0 Å². The van der Waals surface area contributed by atoms with Crippen LogP contribution in [0, 0.1) is 11.3 Å². The summed E-state index contributed by atoms with van der Waals surface area (Å²) >= 11 is 0. The number of aliphatic imine (C=N–C) groups is 1. The molecule has 0 fully saturated rings. The van der Waals surface area contributed by atoms with Crippen molar-refractivity contribution in [2.45, 2.75) is 27.7 Å². The maximum Gasteiger partial charge on any atom is 0.0343 e. The van der Waals surface area contributed by atoms with E-state index in [1.807, 2.05) is 12.4 Å². The van der Waals surface area contributed by atoms with E-state index in [-0.39, 0.29) is 5.41 Å². The smallest absolute Gasteiger partial charge is 0.0343 e. The molecule has 1 aliphatic carbocycles. The molecule has 1 unspecified atom stereocenters. The molecule has 0 amide bonds. The van der Waals surface area contributed by atoms with Crippen molar-refractivity contribution < 1.29 is 0 Å². The van der Waals surface area contributed by atoms with Gasteiger partial charge in [0, 0.05) is 17.8 Å². The highest BCUT2D eigenvalue weighted by Gasteiger charge is 2.15.